The largest absolute Gasteiger partial charge is 0.460 e. The lowest BCUT2D eigenvalue weighted by Gasteiger charge is -2.07. The molecule has 0 aliphatic rings. The number of nitrogens with zero attached hydrogens (tertiary/aromatic N) is 1. The lowest BCUT2D eigenvalue weighted by molar-refractivity contribution is -0.147. The Kier molecular flexibility index (Phi) is 5.95. The SMILES string of the molecule is N#CC(C/C=C/c1ccccc1)C(=O)OCc1ccccc1. The normalized spacial score (nSPS) is 11.8. The summed E-state index contributed by atoms with van der Waals surface area (Å²) >= 11 is 0. The zero-order valence-electron chi connectivity index (χ0n) is 12.2. The Morgan fingerprint density at radius 3 is 2.36 bits per heavy atom. The van der Waals surface area contributed by atoms with Crippen molar-refractivity contribution in [1.82, 2.24) is 0 Å². The lowest BCUT2D eigenvalue weighted by atomic mass is 10.1. The minimum absolute atomic E-state index is 0.195. The predicted octanol–water partition coefficient (Wildman–Crippen LogP) is 3.97. The van der Waals surface area contributed by atoms with Gasteiger partial charge in [-0.25, -0.2) is 0 Å². The molecule has 0 heterocycles. The molecule has 22 heavy (non-hydrogen) atoms. The topological polar surface area (TPSA) is 50.1 Å². The first kappa shape index (κ1) is 15.5. The van der Waals surface area contributed by atoms with Crippen molar-refractivity contribution < 1.29 is 9.53 Å². The maximum atomic E-state index is 11.9. The Labute approximate surface area is 130 Å². The van der Waals surface area contributed by atoms with Crippen LogP contribution in [0.15, 0.2) is 66.7 Å². The van der Waals surface area contributed by atoms with Crippen LogP contribution in [0.5, 0.6) is 0 Å². The van der Waals surface area contributed by atoms with E-state index in [9.17, 15) is 4.79 Å². The number of carbonyl (C=O) groups excluding carboxylic acids is 1. The molecule has 0 aliphatic heterocycles. The molecule has 2 aromatic carbocycles. The number of esters is 1. The second-order valence-electron chi connectivity index (χ2n) is 4.82. The molecule has 110 valence electrons. The Hall–Kier alpha value is -2.86. The zero-order chi connectivity index (χ0) is 15.6. The summed E-state index contributed by atoms with van der Waals surface area (Å²) in [5, 5.41) is 9.11. The summed E-state index contributed by atoms with van der Waals surface area (Å²) in [5.74, 6) is -1.26. The van der Waals surface area contributed by atoms with Gasteiger partial charge in [0.15, 0.2) is 0 Å². The zero-order valence-corrected chi connectivity index (χ0v) is 12.2. The van der Waals surface area contributed by atoms with Gasteiger partial charge in [0.25, 0.3) is 0 Å². The Morgan fingerprint density at radius 1 is 1.09 bits per heavy atom. The molecule has 2 aromatic rings. The Morgan fingerprint density at radius 2 is 1.73 bits per heavy atom. The van der Waals surface area contributed by atoms with Crippen LogP contribution in [0.2, 0.25) is 0 Å². The molecule has 0 spiro atoms. The van der Waals surface area contributed by atoms with Gasteiger partial charge in [0.1, 0.15) is 12.5 Å². The van der Waals surface area contributed by atoms with Crippen LogP contribution >= 0.6 is 0 Å². The van der Waals surface area contributed by atoms with Gasteiger partial charge in [0, 0.05) is 0 Å². The first-order valence-electron chi connectivity index (χ1n) is 7.11. The summed E-state index contributed by atoms with van der Waals surface area (Å²) < 4.78 is 5.19. The van der Waals surface area contributed by atoms with Gasteiger partial charge < -0.3 is 4.74 Å². The van der Waals surface area contributed by atoms with E-state index in [1.807, 2.05) is 78.9 Å². The van der Waals surface area contributed by atoms with Gasteiger partial charge in [0.05, 0.1) is 6.07 Å². The minimum atomic E-state index is -0.774. The molecule has 1 atom stereocenters. The predicted molar refractivity (Wildman–Crippen MR) is 85.4 cm³/mol. The summed E-state index contributed by atoms with van der Waals surface area (Å²) in [6.07, 6.45) is 4.07. The van der Waals surface area contributed by atoms with E-state index in [4.69, 9.17) is 10.00 Å². The molecule has 0 radical (unpaired) electrons. The van der Waals surface area contributed by atoms with E-state index in [0.717, 1.165) is 11.1 Å². The minimum Gasteiger partial charge on any atom is -0.460 e. The fourth-order valence-electron chi connectivity index (χ4n) is 1.94. The van der Waals surface area contributed by atoms with Crippen molar-refractivity contribution in [2.24, 2.45) is 5.92 Å². The van der Waals surface area contributed by atoms with Crippen molar-refractivity contribution in [3.63, 3.8) is 0 Å². The highest BCUT2D eigenvalue weighted by molar-refractivity contribution is 5.75. The number of benzene rings is 2. The van der Waals surface area contributed by atoms with Gasteiger partial charge in [-0.15, -0.1) is 0 Å². The standard InChI is InChI=1S/C19H17NO2/c20-14-18(13-7-12-16-8-3-1-4-9-16)19(21)22-15-17-10-5-2-6-11-17/h1-12,18H,13,15H2/b12-7+. The highest BCUT2D eigenvalue weighted by atomic mass is 16.5. The molecular weight excluding hydrogens is 274 g/mol. The van der Waals surface area contributed by atoms with Crippen LogP contribution in [0.3, 0.4) is 0 Å². The number of hydrogen-bond acceptors (Lipinski definition) is 3. The highest BCUT2D eigenvalue weighted by Crippen LogP contribution is 2.10. The van der Waals surface area contributed by atoms with Crippen LogP contribution in [-0.2, 0) is 16.1 Å². The van der Waals surface area contributed by atoms with Crippen LogP contribution in [-0.4, -0.2) is 5.97 Å². The molecule has 0 saturated heterocycles. The maximum absolute atomic E-state index is 11.9. The van der Waals surface area contributed by atoms with Crippen molar-refractivity contribution >= 4 is 12.0 Å². The maximum Gasteiger partial charge on any atom is 0.323 e. The van der Waals surface area contributed by atoms with E-state index in [2.05, 4.69) is 0 Å². The van der Waals surface area contributed by atoms with Crippen LogP contribution in [0.1, 0.15) is 17.5 Å². The van der Waals surface area contributed by atoms with Crippen LogP contribution < -0.4 is 0 Å². The Balaban J connectivity index is 1.84. The van der Waals surface area contributed by atoms with E-state index in [0.29, 0.717) is 6.42 Å². The lowest BCUT2D eigenvalue weighted by Crippen LogP contribution is -2.15. The van der Waals surface area contributed by atoms with Gasteiger partial charge in [-0.3, -0.25) is 4.79 Å². The first-order chi connectivity index (χ1) is 10.8. The van der Waals surface area contributed by atoms with Crippen LogP contribution in [0, 0.1) is 17.2 Å². The van der Waals surface area contributed by atoms with Gasteiger partial charge in [-0.1, -0.05) is 72.8 Å². The van der Waals surface area contributed by atoms with Crippen LogP contribution in [0.25, 0.3) is 6.08 Å². The fraction of sp³-hybridized carbons (Fsp3) is 0.158. The van der Waals surface area contributed by atoms with E-state index < -0.39 is 11.9 Å². The third-order valence-corrected chi connectivity index (χ3v) is 3.15. The highest BCUT2D eigenvalue weighted by Gasteiger charge is 2.17. The van der Waals surface area contributed by atoms with Gasteiger partial charge in [0.2, 0.25) is 0 Å². The number of hydrogen-bond donors (Lipinski definition) is 0. The molecule has 0 amide bonds. The number of allylic oxidation sites excluding steroid dienone is 1. The summed E-state index contributed by atoms with van der Waals surface area (Å²) in [6, 6.07) is 21.2. The third-order valence-electron chi connectivity index (χ3n) is 3.15. The van der Waals surface area contributed by atoms with Gasteiger partial charge >= 0.3 is 5.97 Å². The van der Waals surface area contributed by atoms with Crippen molar-refractivity contribution in [2.75, 3.05) is 0 Å². The Bertz CT molecular complexity index is 657. The van der Waals surface area contributed by atoms with Crippen molar-refractivity contribution in [2.45, 2.75) is 13.0 Å². The van der Waals surface area contributed by atoms with Crippen molar-refractivity contribution in [3.8, 4) is 6.07 Å². The molecule has 0 aromatic heterocycles. The molecule has 3 heteroatoms. The van der Waals surface area contributed by atoms with Crippen molar-refractivity contribution in [1.29, 1.82) is 5.26 Å². The summed E-state index contributed by atoms with van der Waals surface area (Å²) in [7, 11) is 0. The van der Waals surface area contributed by atoms with Gasteiger partial charge in [-0.05, 0) is 17.5 Å². The van der Waals surface area contributed by atoms with E-state index >= 15 is 0 Å². The second kappa shape index (κ2) is 8.43. The van der Waals surface area contributed by atoms with E-state index in [-0.39, 0.29) is 6.61 Å². The number of rotatable bonds is 6. The summed E-state index contributed by atoms with van der Waals surface area (Å²) in [5.41, 5.74) is 1.95. The second-order valence-corrected chi connectivity index (χ2v) is 4.82. The molecule has 3 nitrogen and oxygen atoms in total. The average Bonchev–Trinajstić information content (AvgIpc) is 2.58. The molecule has 0 fully saturated rings. The smallest absolute Gasteiger partial charge is 0.323 e. The summed E-state index contributed by atoms with van der Waals surface area (Å²) in [4.78, 5) is 11.9. The molecular formula is C19H17NO2. The monoisotopic (exact) mass is 291 g/mol. The first-order valence-corrected chi connectivity index (χ1v) is 7.11. The summed E-state index contributed by atoms with van der Waals surface area (Å²) in [6.45, 7) is 0.195. The fourth-order valence-corrected chi connectivity index (χ4v) is 1.94. The van der Waals surface area contributed by atoms with E-state index in [1.165, 1.54) is 0 Å². The molecule has 0 N–H and O–H groups in total. The number of carbonyl (C=O) groups is 1. The molecule has 0 aliphatic carbocycles. The molecule has 1 unspecified atom stereocenters. The quantitative estimate of drug-likeness (QED) is 0.757. The van der Waals surface area contributed by atoms with Gasteiger partial charge in [-0.2, -0.15) is 5.26 Å². The third kappa shape index (κ3) is 4.92. The van der Waals surface area contributed by atoms with E-state index in [1.54, 1.807) is 0 Å². The number of nitriles is 1. The average molecular weight is 291 g/mol. The molecule has 0 bridgehead atoms. The van der Waals surface area contributed by atoms with Crippen LogP contribution in [0.4, 0.5) is 0 Å². The molecule has 0 saturated carbocycles. The molecule has 2 rings (SSSR count). The van der Waals surface area contributed by atoms with Crippen molar-refractivity contribution in [3.05, 3.63) is 77.9 Å². The number of ether oxygens (including phenoxy) is 1.